The molecule has 0 bridgehead atoms. The van der Waals surface area contributed by atoms with Gasteiger partial charge in [-0.1, -0.05) is 24.3 Å². The van der Waals surface area contributed by atoms with Gasteiger partial charge in [0.05, 0.1) is 6.61 Å². The van der Waals surface area contributed by atoms with Crippen LogP contribution in [0.5, 0.6) is 5.75 Å². The van der Waals surface area contributed by atoms with Crippen molar-refractivity contribution < 1.29 is 9.53 Å². The van der Waals surface area contributed by atoms with Gasteiger partial charge < -0.3 is 15.0 Å². The van der Waals surface area contributed by atoms with Crippen molar-refractivity contribution in [3.05, 3.63) is 65.9 Å². The molecule has 4 nitrogen and oxygen atoms in total. The summed E-state index contributed by atoms with van der Waals surface area (Å²) in [5, 5.41) is 4.19. The number of H-pyrrole nitrogens is 1. The van der Waals surface area contributed by atoms with E-state index in [1.54, 1.807) is 0 Å². The summed E-state index contributed by atoms with van der Waals surface area (Å²) >= 11 is 0. The van der Waals surface area contributed by atoms with E-state index >= 15 is 0 Å². The Morgan fingerprint density at radius 3 is 3.08 bits per heavy atom. The molecule has 4 heteroatoms. The number of aromatic nitrogens is 1. The van der Waals surface area contributed by atoms with Crippen molar-refractivity contribution in [2.45, 2.75) is 12.8 Å². The molecule has 1 atom stereocenters. The van der Waals surface area contributed by atoms with E-state index in [4.69, 9.17) is 4.74 Å². The van der Waals surface area contributed by atoms with Crippen LogP contribution >= 0.6 is 0 Å². The van der Waals surface area contributed by atoms with Crippen molar-refractivity contribution in [1.82, 2.24) is 10.3 Å². The van der Waals surface area contributed by atoms with Crippen molar-refractivity contribution in [3.63, 3.8) is 0 Å². The Labute approximate surface area is 140 Å². The van der Waals surface area contributed by atoms with Gasteiger partial charge in [0.15, 0.2) is 0 Å². The summed E-state index contributed by atoms with van der Waals surface area (Å²) in [7, 11) is 0. The second-order valence-electron chi connectivity index (χ2n) is 6.30. The second kappa shape index (κ2) is 6.40. The van der Waals surface area contributed by atoms with Crippen LogP contribution in [0.2, 0.25) is 0 Å². The Morgan fingerprint density at radius 2 is 2.12 bits per heavy atom. The molecule has 0 fully saturated rings. The molecule has 1 aromatic heterocycles. The number of rotatable bonds is 3. The van der Waals surface area contributed by atoms with E-state index in [-0.39, 0.29) is 5.91 Å². The molecule has 1 unspecified atom stereocenters. The highest BCUT2D eigenvalue weighted by Gasteiger charge is 2.18. The summed E-state index contributed by atoms with van der Waals surface area (Å²) in [5.74, 6) is 1.35. The summed E-state index contributed by atoms with van der Waals surface area (Å²) in [6.45, 7) is 1.37. The van der Waals surface area contributed by atoms with Gasteiger partial charge in [-0.25, -0.2) is 0 Å². The normalized spacial score (nSPS) is 16.9. The van der Waals surface area contributed by atoms with E-state index in [0.29, 0.717) is 24.6 Å². The zero-order chi connectivity index (χ0) is 16.4. The topological polar surface area (TPSA) is 54.1 Å². The number of aromatic amines is 1. The summed E-state index contributed by atoms with van der Waals surface area (Å²) in [4.78, 5) is 15.6. The van der Waals surface area contributed by atoms with Crippen molar-refractivity contribution >= 4 is 16.8 Å². The van der Waals surface area contributed by atoms with Crippen LogP contribution in [-0.2, 0) is 6.42 Å². The first-order valence-corrected chi connectivity index (χ1v) is 8.35. The van der Waals surface area contributed by atoms with E-state index < -0.39 is 0 Å². The molecule has 0 saturated heterocycles. The Bertz CT molecular complexity index is 869. The van der Waals surface area contributed by atoms with Gasteiger partial charge in [-0.15, -0.1) is 0 Å². The molecule has 0 saturated carbocycles. The van der Waals surface area contributed by atoms with Crippen molar-refractivity contribution in [2.24, 2.45) is 5.92 Å². The number of fused-ring (bicyclic) bond motifs is 2. The highest BCUT2D eigenvalue weighted by Crippen LogP contribution is 2.26. The molecule has 3 aromatic rings. The number of hydrogen-bond donors (Lipinski definition) is 2. The van der Waals surface area contributed by atoms with E-state index in [9.17, 15) is 4.79 Å². The number of carbonyl (C=O) groups is 1. The number of nitrogens with one attached hydrogen (secondary N) is 2. The summed E-state index contributed by atoms with van der Waals surface area (Å²) in [5.41, 5.74) is 2.90. The van der Waals surface area contributed by atoms with Crippen LogP contribution in [0.25, 0.3) is 10.9 Å². The van der Waals surface area contributed by atoms with Crippen molar-refractivity contribution in [1.29, 1.82) is 0 Å². The minimum Gasteiger partial charge on any atom is -0.493 e. The van der Waals surface area contributed by atoms with Gasteiger partial charge in [0.1, 0.15) is 5.75 Å². The van der Waals surface area contributed by atoms with Gasteiger partial charge in [-0.3, -0.25) is 4.79 Å². The second-order valence-corrected chi connectivity index (χ2v) is 6.30. The number of amides is 1. The Morgan fingerprint density at radius 1 is 1.21 bits per heavy atom. The van der Waals surface area contributed by atoms with E-state index in [0.717, 1.165) is 29.5 Å². The van der Waals surface area contributed by atoms with Gasteiger partial charge >= 0.3 is 0 Å². The quantitative estimate of drug-likeness (QED) is 0.775. The van der Waals surface area contributed by atoms with Gasteiger partial charge in [0.25, 0.3) is 5.91 Å². The molecule has 1 aliphatic rings. The molecular formula is C20H20N2O2. The predicted octanol–water partition coefficient (Wildman–Crippen LogP) is 3.54. The van der Waals surface area contributed by atoms with Crippen LogP contribution in [0.1, 0.15) is 22.3 Å². The fourth-order valence-corrected chi connectivity index (χ4v) is 3.26. The highest BCUT2D eigenvalue weighted by molar-refractivity contribution is 5.97. The van der Waals surface area contributed by atoms with Gasteiger partial charge in [-0.2, -0.15) is 0 Å². The average Bonchev–Trinajstić information content (AvgIpc) is 2.98. The molecule has 2 heterocycles. The lowest BCUT2D eigenvalue weighted by Crippen LogP contribution is -2.30. The number of ether oxygens (including phenoxy) is 1. The van der Waals surface area contributed by atoms with Gasteiger partial charge in [0.2, 0.25) is 0 Å². The zero-order valence-electron chi connectivity index (χ0n) is 13.4. The molecule has 1 amide bonds. The third kappa shape index (κ3) is 3.00. The number of benzene rings is 2. The predicted molar refractivity (Wildman–Crippen MR) is 94.4 cm³/mol. The summed E-state index contributed by atoms with van der Waals surface area (Å²) in [6, 6.07) is 15.9. The largest absolute Gasteiger partial charge is 0.493 e. The highest BCUT2D eigenvalue weighted by atomic mass is 16.5. The average molecular weight is 320 g/mol. The first kappa shape index (κ1) is 14.8. The lowest BCUT2D eigenvalue weighted by atomic mass is 9.97. The smallest absolute Gasteiger partial charge is 0.251 e. The molecule has 0 spiro atoms. The van der Waals surface area contributed by atoms with Crippen LogP contribution in [0.3, 0.4) is 0 Å². The molecule has 122 valence electrons. The maximum absolute atomic E-state index is 12.4. The summed E-state index contributed by atoms with van der Waals surface area (Å²) in [6.07, 6.45) is 3.77. The number of carbonyl (C=O) groups excluding carboxylic acids is 1. The molecule has 2 aromatic carbocycles. The minimum atomic E-state index is -0.0232. The third-order valence-corrected chi connectivity index (χ3v) is 4.63. The molecule has 24 heavy (non-hydrogen) atoms. The maximum atomic E-state index is 12.4. The molecule has 1 aliphatic heterocycles. The van der Waals surface area contributed by atoms with Crippen molar-refractivity contribution in [3.8, 4) is 5.75 Å². The molecule has 0 radical (unpaired) electrons. The number of para-hydroxylation sites is 1. The lowest BCUT2D eigenvalue weighted by molar-refractivity contribution is 0.0945. The van der Waals surface area contributed by atoms with E-state index in [2.05, 4.69) is 16.4 Å². The molecular weight excluding hydrogens is 300 g/mol. The van der Waals surface area contributed by atoms with E-state index in [1.807, 2.05) is 48.7 Å². The standard InChI is InChI=1S/C20H20N2O2/c23-20(17-6-5-15-7-9-21-18(15)12-17)22-13-14-8-10-24-19-4-2-1-3-16(19)11-14/h1-7,9,12,14,21H,8,10-11,13H2,(H,22,23). The Kier molecular flexibility index (Phi) is 3.95. The maximum Gasteiger partial charge on any atom is 0.251 e. The van der Waals surface area contributed by atoms with Crippen LogP contribution in [0.4, 0.5) is 0 Å². The lowest BCUT2D eigenvalue weighted by Gasteiger charge is -2.14. The molecule has 0 aliphatic carbocycles. The first-order valence-electron chi connectivity index (χ1n) is 8.35. The van der Waals surface area contributed by atoms with Crippen LogP contribution in [0.15, 0.2) is 54.7 Å². The fourth-order valence-electron chi connectivity index (χ4n) is 3.26. The SMILES string of the molecule is O=C(NCC1CCOc2ccccc2C1)c1ccc2cc[nH]c2c1. The summed E-state index contributed by atoms with van der Waals surface area (Å²) < 4.78 is 5.79. The van der Waals surface area contributed by atoms with Gasteiger partial charge in [0, 0.05) is 23.8 Å². The van der Waals surface area contributed by atoms with Crippen LogP contribution in [0, 0.1) is 5.92 Å². The first-order chi connectivity index (χ1) is 11.8. The number of hydrogen-bond acceptors (Lipinski definition) is 2. The third-order valence-electron chi connectivity index (χ3n) is 4.63. The molecule has 4 rings (SSSR count). The Hall–Kier alpha value is -2.75. The van der Waals surface area contributed by atoms with Gasteiger partial charge in [-0.05, 0) is 54.0 Å². The van der Waals surface area contributed by atoms with E-state index in [1.165, 1.54) is 5.56 Å². The van der Waals surface area contributed by atoms with Crippen LogP contribution in [-0.4, -0.2) is 24.0 Å². The fraction of sp³-hybridized carbons (Fsp3) is 0.250. The molecule has 2 N–H and O–H groups in total. The minimum absolute atomic E-state index is 0.0232. The van der Waals surface area contributed by atoms with Crippen molar-refractivity contribution in [2.75, 3.05) is 13.2 Å². The van der Waals surface area contributed by atoms with Crippen LogP contribution < -0.4 is 10.1 Å². The Balaban J connectivity index is 1.41. The monoisotopic (exact) mass is 320 g/mol. The zero-order valence-corrected chi connectivity index (χ0v) is 13.4.